The molecule has 1 rings (SSSR count). The quantitative estimate of drug-likeness (QED) is 0.718. The van der Waals surface area contributed by atoms with Crippen LogP contribution >= 0.6 is 0 Å². The van der Waals surface area contributed by atoms with Crippen molar-refractivity contribution in [3.05, 3.63) is 29.8 Å². The van der Waals surface area contributed by atoms with Gasteiger partial charge in [-0.2, -0.15) is 0 Å². The van der Waals surface area contributed by atoms with E-state index < -0.39 is 11.9 Å². The van der Waals surface area contributed by atoms with Gasteiger partial charge in [0.1, 0.15) is 0 Å². The number of carbonyl (C=O) groups excluding carboxylic acids is 2. The SMILES string of the molecule is CC(C(=O)N(C)C)N(CC(N)=O)Cc1ccc(N)cc1. The van der Waals surface area contributed by atoms with E-state index in [-0.39, 0.29) is 12.5 Å². The second-order valence-electron chi connectivity index (χ2n) is 5.02. The number of nitrogens with two attached hydrogens (primary N) is 2. The fourth-order valence-electron chi connectivity index (χ4n) is 1.92. The molecule has 6 heteroatoms. The van der Waals surface area contributed by atoms with Gasteiger partial charge in [-0.05, 0) is 24.6 Å². The summed E-state index contributed by atoms with van der Waals surface area (Å²) in [5, 5.41) is 0. The molecule has 1 aromatic rings. The van der Waals surface area contributed by atoms with Gasteiger partial charge in [-0.1, -0.05) is 12.1 Å². The first-order valence-electron chi connectivity index (χ1n) is 6.39. The lowest BCUT2D eigenvalue weighted by Crippen LogP contribution is -2.47. The highest BCUT2D eigenvalue weighted by Gasteiger charge is 2.24. The smallest absolute Gasteiger partial charge is 0.239 e. The van der Waals surface area contributed by atoms with Gasteiger partial charge in [0.25, 0.3) is 0 Å². The minimum atomic E-state index is -0.459. The molecule has 4 N–H and O–H groups in total. The van der Waals surface area contributed by atoms with Crippen molar-refractivity contribution >= 4 is 17.5 Å². The number of anilines is 1. The minimum Gasteiger partial charge on any atom is -0.399 e. The van der Waals surface area contributed by atoms with Gasteiger partial charge in [0.15, 0.2) is 0 Å². The summed E-state index contributed by atoms with van der Waals surface area (Å²) in [6, 6.07) is 6.90. The lowest BCUT2D eigenvalue weighted by atomic mass is 10.1. The summed E-state index contributed by atoms with van der Waals surface area (Å²) < 4.78 is 0. The Labute approximate surface area is 119 Å². The molecule has 0 aromatic heterocycles. The topological polar surface area (TPSA) is 92.7 Å². The predicted octanol–water partition coefficient (Wildman–Crippen LogP) is 0.0328. The van der Waals surface area contributed by atoms with Crippen molar-refractivity contribution in [2.45, 2.75) is 19.5 Å². The number of hydrogen-bond donors (Lipinski definition) is 2. The van der Waals surface area contributed by atoms with Crippen LogP contribution in [-0.2, 0) is 16.1 Å². The normalized spacial score (nSPS) is 12.2. The van der Waals surface area contributed by atoms with Gasteiger partial charge in [0.05, 0.1) is 12.6 Å². The van der Waals surface area contributed by atoms with Gasteiger partial charge in [-0.3, -0.25) is 14.5 Å². The molecular formula is C14H22N4O2. The predicted molar refractivity (Wildman–Crippen MR) is 78.6 cm³/mol. The van der Waals surface area contributed by atoms with Crippen LogP contribution in [0.5, 0.6) is 0 Å². The summed E-state index contributed by atoms with van der Waals surface area (Å²) in [6.07, 6.45) is 0. The van der Waals surface area contributed by atoms with Gasteiger partial charge in [0, 0.05) is 26.3 Å². The highest BCUT2D eigenvalue weighted by molar-refractivity contribution is 5.82. The van der Waals surface area contributed by atoms with Gasteiger partial charge in [-0.25, -0.2) is 0 Å². The average Bonchev–Trinajstić information content (AvgIpc) is 2.38. The van der Waals surface area contributed by atoms with E-state index in [2.05, 4.69) is 0 Å². The number of amides is 2. The fraction of sp³-hybridized carbons (Fsp3) is 0.429. The highest BCUT2D eigenvalue weighted by atomic mass is 16.2. The number of nitrogens with zero attached hydrogens (tertiary/aromatic N) is 2. The summed E-state index contributed by atoms with van der Waals surface area (Å²) in [5.74, 6) is -0.527. The summed E-state index contributed by atoms with van der Waals surface area (Å²) in [7, 11) is 3.37. The summed E-state index contributed by atoms with van der Waals surface area (Å²) in [6.45, 7) is 2.26. The molecule has 1 aromatic carbocycles. The van der Waals surface area contributed by atoms with E-state index in [0.717, 1.165) is 5.56 Å². The Bertz CT molecular complexity index is 471. The summed E-state index contributed by atoms with van der Waals surface area (Å²) in [5.41, 5.74) is 12.5. The Morgan fingerprint density at radius 1 is 1.20 bits per heavy atom. The number of primary amides is 1. The van der Waals surface area contributed by atoms with Gasteiger partial charge >= 0.3 is 0 Å². The Hall–Kier alpha value is -2.08. The average molecular weight is 278 g/mol. The van der Waals surface area contributed by atoms with Crippen molar-refractivity contribution in [3.8, 4) is 0 Å². The molecule has 0 bridgehead atoms. The minimum absolute atomic E-state index is 0.0329. The van der Waals surface area contributed by atoms with Crippen LogP contribution < -0.4 is 11.5 Å². The molecule has 0 aliphatic heterocycles. The van der Waals surface area contributed by atoms with Crippen molar-refractivity contribution in [3.63, 3.8) is 0 Å². The van der Waals surface area contributed by atoms with E-state index >= 15 is 0 Å². The Morgan fingerprint density at radius 3 is 2.20 bits per heavy atom. The number of benzene rings is 1. The first-order valence-corrected chi connectivity index (χ1v) is 6.39. The van der Waals surface area contributed by atoms with Crippen LogP contribution in [0.25, 0.3) is 0 Å². The van der Waals surface area contributed by atoms with Crippen LogP contribution in [0.4, 0.5) is 5.69 Å². The van der Waals surface area contributed by atoms with Crippen LogP contribution in [-0.4, -0.2) is 48.3 Å². The molecule has 0 saturated carbocycles. The van der Waals surface area contributed by atoms with E-state index in [4.69, 9.17) is 11.5 Å². The Balaban J connectivity index is 2.86. The molecule has 0 heterocycles. The molecule has 0 fully saturated rings. The van der Waals surface area contributed by atoms with E-state index in [1.165, 1.54) is 4.90 Å². The molecule has 20 heavy (non-hydrogen) atoms. The third-order valence-corrected chi connectivity index (χ3v) is 3.07. The number of rotatable bonds is 6. The lowest BCUT2D eigenvalue weighted by Gasteiger charge is -2.29. The number of nitrogen functional groups attached to an aromatic ring is 1. The molecule has 2 amide bonds. The Morgan fingerprint density at radius 2 is 1.75 bits per heavy atom. The maximum Gasteiger partial charge on any atom is 0.239 e. The molecule has 0 aliphatic rings. The van der Waals surface area contributed by atoms with Crippen molar-refractivity contribution < 1.29 is 9.59 Å². The van der Waals surface area contributed by atoms with Crippen molar-refractivity contribution in [1.29, 1.82) is 0 Å². The molecule has 1 atom stereocenters. The standard InChI is InChI=1S/C14H22N4O2/c1-10(14(20)17(2)3)18(9-13(16)19)8-11-4-6-12(15)7-5-11/h4-7,10H,8-9,15H2,1-3H3,(H2,16,19). The molecule has 1 unspecified atom stereocenters. The van der Waals surface area contributed by atoms with Gasteiger partial charge < -0.3 is 16.4 Å². The van der Waals surface area contributed by atoms with Gasteiger partial charge in [-0.15, -0.1) is 0 Å². The van der Waals surface area contributed by atoms with Crippen LogP contribution in [0.1, 0.15) is 12.5 Å². The van der Waals surface area contributed by atoms with Crippen LogP contribution in [0, 0.1) is 0 Å². The third kappa shape index (κ3) is 4.55. The van der Waals surface area contributed by atoms with E-state index in [1.54, 1.807) is 38.1 Å². The zero-order valence-corrected chi connectivity index (χ0v) is 12.2. The molecule has 0 radical (unpaired) electrons. The molecule has 0 saturated heterocycles. The monoisotopic (exact) mass is 278 g/mol. The summed E-state index contributed by atoms with van der Waals surface area (Å²) in [4.78, 5) is 26.5. The lowest BCUT2D eigenvalue weighted by molar-refractivity contribution is -0.134. The molecule has 6 nitrogen and oxygen atoms in total. The van der Waals surface area contributed by atoms with Crippen LogP contribution in [0.3, 0.4) is 0 Å². The fourth-order valence-corrected chi connectivity index (χ4v) is 1.92. The van der Waals surface area contributed by atoms with Crippen LogP contribution in [0.15, 0.2) is 24.3 Å². The number of carbonyl (C=O) groups is 2. The first kappa shape index (κ1) is 16.0. The Kier molecular flexibility index (Phi) is 5.52. The maximum atomic E-state index is 12.0. The van der Waals surface area contributed by atoms with Crippen molar-refractivity contribution in [1.82, 2.24) is 9.80 Å². The van der Waals surface area contributed by atoms with E-state index in [1.807, 2.05) is 12.1 Å². The summed E-state index contributed by atoms with van der Waals surface area (Å²) >= 11 is 0. The molecular weight excluding hydrogens is 256 g/mol. The van der Waals surface area contributed by atoms with E-state index in [0.29, 0.717) is 12.2 Å². The first-order chi connectivity index (χ1) is 9.31. The van der Waals surface area contributed by atoms with Crippen LogP contribution in [0.2, 0.25) is 0 Å². The highest BCUT2D eigenvalue weighted by Crippen LogP contribution is 2.11. The maximum absolute atomic E-state index is 12.0. The number of likely N-dealkylation sites (N-methyl/N-ethyl adjacent to an activating group) is 1. The molecule has 0 aliphatic carbocycles. The van der Waals surface area contributed by atoms with Crippen molar-refractivity contribution in [2.75, 3.05) is 26.4 Å². The zero-order chi connectivity index (χ0) is 15.3. The van der Waals surface area contributed by atoms with Crippen molar-refractivity contribution in [2.24, 2.45) is 5.73 Å². The largest absolute Gasteiger partial charge is 0.399 e. The second-order valence-corrected chi connectivity index (χ2v) is 5.02. The third-order valence-electron chi connectivity index (χ3n) is 3.07. The molecule has 0 spiro atoms. The zero-order valence-electron chi connectivity index (χ0n) is 12.2. The van der Waals surface area contributed by atoms with E-state index in [9.17, 15) is 9.59 Å². The second kappa shape index (κ2) is 6.91. The molecule has 110 valence electrons. The number of hydrogen-bond acceptors (Lipinski definition) is 4. The van der Waals surface area contributed by atoms with Gasteiger partial charge in [0.2, 0.25) is 11.8 Å².